The molecule has 1 atom stereocenters. The molecule has 1 heterocycles. The molecule has 1 unspecified atom stereocenters. The maximum atomic E-state index is 13.1. The second kappa shape index (κ2) is 7.74. The van der Waals surface area contributed by atoms with Crippen molar-refractivity contribution in [3.05, 3.63) is 41.6 Å². The fourth-order valence-electron chi connectivity index (χ4n) is 2.60. The quantitative estimate of drug-likeness (QED) is 0.830. The summed E-state index contributed by atoms with van der Waals surface area (Å²) in [6.45, 7) is 4.88. The Labute approximate surface area is 145 Å². The molecule has 132 valence electrons. The molecule has 0 aliphatic heterocycles. The van der Waals surface area contributed by atoms with Gasteiger partial charge in [0.05, 0.1) is 11.1 Å². The molecule has 1 aromatic carbocycles. The Hall–Kier alpha value is -2.96. The molecule has 0 aliphatic rings. The van der Waals surface area contributed by atoms with Gasteiger partial charge in [0.1, 0.15) is 6.04 Å². The van der Waals surface area contributed by atoms with Crippen molar-refractivity contribution in [2.45, 2.75) is 26.8 Å². The number of hydrogen-bond acceptors (Lipinski definition) is 4. The number of benzene rings is 1. The summed E-state index contributed by atoms with van der Waals surface area (Å²) in [6, 6.07) is 7.86. The number of aliphatic carboxylic acids is 1. The van der Waals surface area contributed by atoms with Crippen LogP contribution >= 0.6 is 0 Å². The number of aromatic nitrogens is 1. The molecule has 2 rings (SSSR count). The van der Waals surface area contributed by atoms with E-state index in [1.807, 2.05) is 6.07 Å². The van der Waals surface area contributed by atoms with Crippen LogP contribution < -0.4 is 5.32 Å². The molecule has 0 fully saturated rings. The van der Waals surface area contributed by atoms with Crippen molar-refractivity contribution in [3.8, 4) is 0 Å². The van der Waals surface area contributed by atoms with E-state index in [0.29, 0.717) is 22.2 Å². The third kappa shape index (κ3) is 4.32. The highest BCUT2D eigenvalue weighted by molar-refractivity contribution is 6.07. The second-order valence-corrected chi connectivity index (χ2v) is 5.82. The van der Waals surface area contributed by atoms with Crippen LogP contribution in [0, 0.1) is 6.92 Å². The van der Waals surface area contributed by atoms with Crippen LogP contribution in [0.15, 0.2) is 30.3 Å². The molecule has 0 radical (unpaired) electrons. The highest BCUT2D eigenvalue weighted by atomic mass is 16.4. The number of para-hydroxylation sites is 1. The average molecular weight is 343 g/mol. The van der Waals surface area contributed by atoms with E-state index in [2.05, 4.69) is 10.3 Å². The maximum Gasteiger partial charge on any atom is 0.326 e. The Kier molecular flexibility index (Phi) is 5.69. The fraction of sp³-hybridized carbons (Fsp3) is 0.333. The number of nitrogens with one attached hydrogen (secondary N) is 1. The Morgan fingerprint density at radius 2 is 1.96 bits per heavy atom. The first-order chi connectivity index (χ1) is 11.8. The summed E-state index contributed by atoms with van der Waals surface area (Å²) in [5.74, 6) is -1.74. The Morgan fingerprint density at radius 3 is 2.60 bits per heavy atom. The first-order valence-electron chi connectivity index (χ1n) is 7.96. The minimum atomic E-state index is -1.11. The lowest BCUT2D eigenvalue weighted by atomic mass is 10.1. The molecule has 2 aromatic rings. The predicted molar refractivity (Wildman–Crippen MR) is 93.3 cm³/mol. The molecule has 7 nitrogen and oxygen atoms in total. The first-order valence-corrected chi connectivity index (χ1v) is 7.96. The van der Waals surface area contributed by atoms with Crippen molar-refractivity contribution < 1.29 is 19.5 Å². The van der Waals surface area contributed by atoms with Crippen molar-refractivity contribution >= 4 is 28.7 Å². The highest BCUT2D eigenvalue weighted by Crippen LogP contribution is 2.20. The Bertz CT molecular complexity index is 819. The molecule has 0 spiro atoms. The van der Waals surface area contributed by atoms with Crippen molar-refractivity contribution in [3.63, 3.8) is 0 Å². The van der Waals surface area contributed by atoms with Gasteiger partial charge in [-0.1, -0.05) is 18.2 Å². The predicted octanol–water partition coefficient (Wildman–Crippen LogP) is 1.59. The van der Waals surface area contributed by atoms with Crippen LogP contribution in [0.5, 0.6) is 0 Å². The maximum absolute atomic E-state index is 13.1. The van der Waals surface area contributed by atoms with E-state index in [-0.39, 0.29) is 19.0 Å². The zero-order valence-corrected chi connectivity index (χ0v) is 14.4. The first kappa shape index (κ1) is 18.4. The van der Waals surface area contributed by atoms with Crippen molar-refractivity contribution in [1.29, 1.82) is 0 Å². The molecule has 25 heavy (non-hydrogen) atoms. The largest absolute Gasteiger partial charge is 0.480 e. The van der Waals surface area contributed by atoms with E-state index in [9.17, 15) is 19.5 Å². The third-order valence-corrected chi connectivity index (χ3v) is 3.89. The van der Waals surface area contributed by atoms with Gasteiger partial charge >= 0.3 is 5.97 Å². The number of carboxylic acid groups (broad SMARTS) is 1. The summed E-state index contributed by atoms with van der Waals surface area (Å²) in [5.41, 5.74) is 1.75. The van der Waals surface area contributed by atoms with Gasteiger partial charge in [-0.3, -0.25) is 14.6 Å². The van der Waals surface area contributed by atoms with Crippen LogP contribution in [0.2, 0.25) is 0 Å². The monoisotopic (exact) mass is 343 g/mol. The van der Waals surface area contributed by atoms with Crippen molar-refractivity contribution in [2.75, 3.05) is 13.1 Å². The molecule has 2 amide bonds. The number of carboxylic acids is 1. The van der Waals surface area contributed by atoms with E-state index in [1.54, 1.807) is 31.2 Å². The lowest BCUT2D eigenvalue weighted by molar-refractivity contribution is -0.141. The van der Waals surface area contributed by atoms with Gasteiger partial charge in [-0.25, -0.2) is 4.79 Å². The molecule has 7 heteroatoms. The molecule has 0 saturated carbocycles. The number of nitrogens with zero attached hydrogens (tertiary/aromatic N) is 2. The summed E-state index contributed by atoms with van der Waals surface area (Å²) in [5, 5.41) is 12.6. The Balaban J connectivity index is 2.41. The van der Waals surface area contributed by atoms with Crippen LogP contribution in [-0.2, 0) is 9.59 Å². The van der Waals surface area contributed by atoms with Gasteiger partial charge in [0.15, 0.2) is 0 Å². The minimum Gasteiger partial charge on any atom is -0.480 e. The number of pyridine rings is 1. The summed E-state index contributed by atoms with van der Waals surface area (Å²) >= 11 is 0. The van der Waals surface area contributed by atoms with Gasteiger partial charge in [-0.15, -0.1) is 0 Å². The highest BCUT2D eigenvalue weighted by Gasteiger charge is 2.27. The zero-order valence-electron chi connectivity index (χ0n) is 14.4. The van der Waals surface area contributed by atoms with Gasteiger partial charge in [-0.05, 0) is 26.0 Å². The van der Waals surface area contributed by atoms with E-state index in [0.717, 1.165) is 0 Å². The smallest absolute Gasteiger partial charge is 0.326 e. The SMILES string of the molecule is CC(=O)NCCN(C(=O)c1cc(C)nc2ccccc12)C(C)C(=O)O. The van der Waals surface area contributed by atoms with Crippen molar-refractivity contribution in [2.24, 2.45) is 0 Å². The molecule has 0 bridgehead atoms. The molecular weight excluding hydrogens is 322 g/mol. The average Bonchev–Trinajstić information content (AvgIpc) is 2.56. The number of rotatable bonds is 6. The number of aryl methyl sites for hydroxylation is 1. The molecule has 2 N–H and O–H groups in total. The molecule has 0 saturated heterocycles. The minimum absolute atomic E-state index is 0.0988. The Morgan fingerprint density at radius 1 is 1.28 bits per heavy atom. The standard InChI is InChI=1S/C18H21N3O4/c1-11-10-15(14-6-4-5-7-16(14)20-11)17(23)21(12(2)18(24)25)9-8-19-13(3)22/h4-7,10,12H,8-9H2,1-3H3,(H,19,22)(H,24,25). The third-order valence-electron chi connectivity index (χ3n) is 3.89. The van der Waals surface area contributed by atoms with Gasteiger partial charge < -0.3 is 15.3 Å². The normalized spacial score (nSPS) is 11.8. The zero-order chi connectivity index (χ0) is 18.6. The van der Waals surface area contributed by atoms with Crippen LogP contribution in [0.3, 0.4) is 0 Å². The van der Waals surface area contributed by atoms with Gasteiger partial charge in [0, 0.05) is 31.1 Å². The molecular formula is C18H21N3O4. The second-order valence-electron chi connectivity index (χ2n) is 5.82. The van der Waals surface area contributed by atoms with E-state index < -0.39 is 17.9 Å². The summed E-state index contributed by atoms with van der Waals surface area (Å²) in [7, 11) is 0. The number of hydrogen-bond donors (Lipinski definition) is 2. The van der Waals surface area contributed by atoms with E-state index in [4.69, 9.17) is 0 Å². The van der Waals surface area contributed by atoms with Gasteiger partial charge in [0.2, 0.25) is 5.91 Å². The lowest BCUT2D eigenvalue weighted by Crippen LogP contribution is -2.46. The van der Waals surface area contributed by atoms with Crippen molar-refractivity contribution in [1.82, 2.24) is 15.2 Å². The van der Waals surface area contributed by atoms with Crippen LogP contribution in [0.25, 0.3) is 10.9 Å². The summed E-state index contributed by atoms with van der Waals surface area (Å²) < 4.78 is 0. The van der Waals surface area contributed by atoms with Crippen LogP contribution in [0.1, 0.15) is 29.9 Å². The van der Waals surface area contributed by atoms with Gasteiger partial charge in [-0.2, -0.15) is 0 Å². The number of fused-ring (bicyclic) bond motifs is 1. The van der Waals surface area contributed by atoms with Crippen LogP contribution in [-0.4, -0.2) is 51.9 Å². The van der Waals surface area contributed by atoms with E-state index in [1.165, 1.54) is 18.7 Å². The summed E-state index contributed by atoms with van der Waals surface area (Å²) in [6.07, 6.45) is 0. The van der Waals surface area contributed by atoms with Crippen LogP contribution in [0.4, 0.5) is 0 Å². The lowest BCUT2D eigenvalue weighted by Gasteiger charge is -2.27. The molecule has 1 aromatic heterocycles. The fourth-order valence-corrected chi connectivity index (χ4v) is 2.60. The van der Waals surface area contributed by atoms with E-state index >= 15 is 0 Å². The van der Waals surface area contributed by atoms with Gasteiger partial charge in [0.25, 0.3) is 5.91 Å². The number of carbonyl (C=O) groups excluding carboxylic acids is 2. The topological polar surface area (TPSA) is 99.6 Å². The number of amides is 2. The number of carbonyl (C=O) groups is 3. The summed E-state index contributed by atoms with van der Waals surface area (Å²) in [4.78, 5) is 41.2. The molecule has 0 aliphatic carbocycles.